The van der Waals surface area contributed by atoms with Gasteiger partial charge in [0.2, 0.25) is 0 Å². The molecule has 0 aliphatic carbocycles. The Kier molecular flexibility index (Phi) is 2.96. The summed E-state index contributed by atoms with van der Waals surface area (Å²) < 4.78 is 1.85. The first kappa shape index (κ1) is 12.0. The van der Waals surface area contributed by atoms with Crippen molar-refractivity contribution >= 4 is 5.69 Å². The summed E-state index contributed by atoms with van der Waals surface area (Å²) in [5.74, 6) is 0. The molecule has 0 spiro atoms. The Morgan fingerprint density at radius 3 is 2.60 bits per heavy atom. The first-order chi connectivity index (χ1) is 9.74. The Hall–Kier alpha value is -3.02. The van der Waals surface area contributed by atoms with Gasteiger partial charge in [0.05, 0.1) is 28.8 Å². The number of nitrogens with zero attached hydrogens (tertiary/aromatic N) is 4. The molecule has 0 saturated heterocycles. The van der Waals surface area contributed by atoms with Gasteiger partial charge < -0.3 is 4.57 Å². The summed E-state index contributed by atoms with van der Waals surface area (Å²) in [5.41, 5.74) is 2.57. The lowest BCUT2D eigenvalue weighted by molar-refractivity contribution is -0.384. The molecule has 0 atom stereocenters. The van der Waals surface area contributed by atoms with Gasteiger partial charge in [0.15, 0.2) is 0 Å². The van der Waals surface area contributed by atoms with Crippen molar-refractivity contribution in [2.75, 3.05) is 0 Å². The van der Waals surface area contributed by atoms with Crippen molar-refractivity contribution in [3.05, 3.63) is 71.4 Å². The normalized spacial score (nSPS) is 10.4. The van der Waals surface area contributed by atoms with Crippen LogP contribution in [0, 0.1) is 10.1 Å². The van der Waals surface area contributed by atoms with E-state index in [0.717, 1.165) is 16.9 Å². The summed E-state index contributed by atoms with van der Waals surface area (Å²) in [7, 11) is 0. The minimum atomic E-state index is -0.419. The number of hydrogen-bond donors (Lipinski definition) is 0. The van der Waals surface area contributed by atoms with Crippen LogP contribution in [0.1, 0.15) is 0 Å². The van der Waals surface area contributed by atoms with Crippen LogP contribution < -0.4 is 0 Å². The summed E-state index contributed by atoms with van der Waals surface area (Å²) in [6.45, 7) is 0. The van der Waals surface area contributed by atoms with Gasteiger partial charge >= 0.3 is 0 Å². The SMILES string of the molecule is O=[N+]([O-])c1ccc(-c2cn(-c3cccnc3)cn2)cc1. The van der Waals surface area contributed by atoms with Crippen LogP contribution in [0.15, 0.2) is 61.3 Å². The number of imidazole rings is 1. The highest BCUT2D eigenvalue weighted by molar-refractivity contribution is 5.60. The van der Waals surface area contributed by atoms with Crippen molar-refractivity contribution in [1.29, 1.82) is 0 Å². The van der Waals surface area contributed by atoms with Crippen LogP contribution in [0.4, 0.5) is 5.69 Å². The summed E-state index contributed by atoms with van der Waals surface area (Å²) in [6, 6.07) is 10.1. The molecule has 20 heavy (non-hydrogen) atoms. The van der Waals surface area contributed by atoms with Gasteiger partial charge in [-0.15, -0.1) is 0 Å². The summed E-state index contributed by atoms with van der Waals surface area (Å²) in [6.07, 6.45) is 6.99. The summed E-state index contributed by atoms with van der Waals surface area (Å²) in [4.78, 5) is 18.6. The molecule has 6 nitrogen and oxygen atoms in total. The van der Waals surface area contributed by atoms with Gasteiger partial charge in [0.1, 0.15) is 0 Å². The number of pyridine rings is 1. The van der Waals surface area contributed by atoms with Crippen LogP contribution >= 0.6 is 0 Å². The van der Waals surface area contributed by atoms with Gasteiger partial charge in [0, 0.05) is 30.1 Å². The van der Waals surface area contributed by atoms with Gasteiger partial charge in [0.25, 0.3) is 5.69 Å². The molecule has 0 bridgehead atoms. The summed E-state index contributed by atoms with van der Waals surface area (Å²) >= 11 is 0. The zero-order chi connectivity index (χ0) is 13.9. The third-order valence-electron chi connectivity index (χ3n) is 2.90. The number of nitro benzene ring substituents is 1. The van der Waals surface area contributed by atoms with E-state index in [-0.39, 0.29) is 5.69 Å². The monoisotopic (exact) mass is 266 g/mol. The molecule has 1 aromatic carbocycles. The number of benzene rings is 1. The second-order valence-electron chi connectivity index (χ2n) is 4.18. The standard InChI is InChI=1S/C14H10N4O2/c19-18(20)12-5-3-11(4-6-12)14-9-17(10-16-14)13-2-1-7-15-8-13/h1-10H. The van der Waals surface area contributed by atoms with E-state index in [4.69, 9.17) is 0 Å². The Balaban J connectivity index is 1.92. The van der Waals surface area contributed by atoms with Crippen molar-refractivity contribution in [3.63, 3.8) is 0 Å². The Morgan fingerprint density at radius 1 is 1.15 bits per heavy atom. The quantitative estimate of drug-likeness (QED) is 0.539. The molecule has 6 heteroatoms. The minimum absolute atomic E-state index is 0.0699. The second-order valence-corrected chi connectivity index (χ2v) is 4.18. The molecular formula is C14H10N4O2. The van der Waals surface area contributed by atoms with Gasteiger partial charge in [-0.05, 0) is 24.3 Å². The van der Waals surface area contributed by atoms with Crippen molar-refractivity contribution in [1.82, 2.24) is 14.5 Å². The largest absolute Gasteiger partial charge is 0.304 e. The van der Waals surface area contributed by atoms with E-state index in [1.165, 1.54) is 12.1 Å². The van der Waals surface area contributed by atoms with Gasteiger partial charge in [-0.2, -0.15) is 0 Å². The Morgan fingerprint density at radius 2 is 1.95 bits per heavy atom. The maximum atomic E-state index is 10.6. The van der Waals surface area contributed by atoms with Crippen molar-refractivity contribution in [3.8, 4) is 16.9 Å². The molecule has 0 fully saturated rings. The summed E-state index contributed by atoms with van der Waals surface area (Å²) in [5, 5.41) is 10.6. The highest BCUT2D eigenvalue weighted by atomic mass is 16.6. The van der Waals surface area contributed by atoms with E-state index in [2.05, 4.69) is 9.97 Å². The average molecular weight is 266 g/mol. The highest BCUT2D eigenvalue weighted by Crippen LogP contribution is 2.21. The number of non-ortho nitro benzene ring substituents is 1. The van der Waals surface area contributed by atoms with Crippen molar-refractivity contribution < 1.29 is 4.92 Å². The van der Waals surface area contributed by atoms with Crippen LogP contribution in [0.2, 0.25) is 0 Å². The van der Waals surface area contributed by atoms with Gasteiger partial charge in [-0.1, -0.05) is 0 Å². The fourth-order valence-corrected chi connectivity index (χ4v) is 1.87. The molecule has 3 aromatic rings. The molecule has 0 amide bonds. The van der Waals surface area contributed by atoms with Crippen LogP contribution in [0.5, 0.6) is 0 Å². The lowest BCUT2D eigenvalue weighted by Gasteiger charge is -1.99. The van der Waals surface area contributed by atoms with Gasteiger partial charge in [-0.3, -0.25) is 15.1 Å². The van der Waals surface area contributed by atoms with E-state index < -0.39 is 4.92 Å². The molecule has 0 N–H and O–H groups in total. The van der Waals surface area contributed by atoms with Crippen LogP contribution in [-0.4, -0.2) is 19.5 Å². The van der Waals surface area contributed by atoms with Crippen LogP contribution in [0.25, 0.3) is 16.9 Å². The van der Waals surface area contributed by atoms with E-state index in [9.17, 15) is 10.1 Å². The maximum Gasteiger partial charge on any atom is 0.269 e. The number of rotatable bonds is 3. The van der Waals surface area contributed by atoms with Gasteiger partial charge in [-0.25, -0.2) is 4.98 Å². The molecule has 0 unspecified atom stereocenters. The molecular weight excluding hydrogens is 256 g/mol. The van der Waals surface area contributed by atoms with E-state index in [1.54, 1.807) is 30.9 Å². The molecule has 3 rings (SSSR count). The lowest BCUT2D eigenvalue weighted by Crippen LogP contribution is -1.89. The molecule has 0 saturated carbocycles. The first-order valence-electron chi connectivity index (χ1n) is 5.93. The number of aromatic nitrogens is 3. The third kappa shape index (κ3) is 2.26. The maximum absolute atomic E-state index is 10.6. The molecule has 98 valence electrons. The van der Waals surface area contributed by atoms with Crippen LogP contribution in [-0.2, 0) is 0 Å². The molecule has 2 aromatic heterocycles. The van der Waals surface area contributed by atoms with Crippen molar-refractivity contribution in [2.45, 2.75) is 0 Å². The Bertz CT molecular complexity index is 735. The predicted octanol–water partition coefficient (Wildman–Crippen LogP) is 2.84. The molecule has 2 heterocycles. The van der Waals surface area contributed by atoms with E-state index in [0.29, 0.717) is 0 Å². The second kappa shape index (κ2) is 4.93. The predicted molar refractivity (Wildman–Crippen MR) is 73.4 cm³/mol. The smallest absolute Gasteiger partial charge is 0.269 e. The fraction of sp³-hybridized carbons (Fsp3) is 0. The third-order valence-corrected chi connectivity index (χ3v) is 2.90. The molecule has 0 aliphatic rings. The first-order valence-corrected chi connectivity index (χ1v) is 5.93. The number of nitro groups is 1. The van der Waals surface area contributed by atoms with E-state index >= 15 is 0 Å². The fourth-order valence-electron chi connectivity index (χ4n) is 1.87. The van der Waals surface area contributed by atoms with Crippen LogP contribution in [0.3, 0.4) is 0 Å². The zero-order valence-electron chi connectivity index (χ0n) is 10.4. The van der Waals surface area contributed by atoms with E-state index in [1.807, 2.05) is 22.9 Å². The lowest BCUT2D eigenvalue weighted by atomic mass is 10.1. The Labute approximate surface area is 114 Å². The van der Waals surface area contributed by atoms with Crippen molar-refractivity contribution in [2.24, 2.45) is 0 Å². The highest BCUT2D eigenvalue weighted by Gasteiger charge is 2.07. The molecule has 0 radical (unpaired) electrons. The zero-order valence-corrected chi connectivity index (χ0v) is 10.4. The molecule has 0 aliphatic heterocycles. The minimum Gasteiger partial charge on any atom is -0.304 e. The average Bonchev–Trinajstić information content (AvgIpc) is 2.98. The topological polar surface area (TPSA) is 73.8 Å². The number of hydrogen-bond acceptors (Lipinski definition) is 4.